The van der Waals surface area contributed by atoms with Crippen molar-refractivity contribution in [2.75, 3.05) is 11.9 Å². The van der Waals surface area contributed by atoms with Crippen molar-refractivity contribution in [2.24, 2.45) is 5.41 Å². The van der Waals surface area contributed by atoms with Gasteiger partial charge in [-0.3, -0.25) is 4.79 Å². The Hall–Kier alpha value is -1.17. The van der Waals surface area contributed by atoms with Crippen LogP contribution in [-0.2, 0) is 4.79 Å². The maximum atomic E-state index is 10.9. The van der Waals surface area contributed by atoms with Gasteiger partial charge in [0.25, 0.3) is 0 Å². The van der Waals surface area contributed by atoms with Crippen molar-refractivity contribution in [3.8, 4) is 0 Å². The van der Waals surface area contributed by atoms with E-state index in [1.807, 2.05) is 13.8 Å². The third-order valence-corrected chi connectivity index (χ3v) is 3.53. The summed E-state index contributed by atoms with van der Waals surface area (Å²) in [4.78, 5) is 15.2. The van der Waals surface area contributed by atoms with Crippen molar-refractivity contribution in [2.45, 2.75) is 32.6 Å². The highest BCUT2D eigenvalue weighted by atomic mass is 32.1. The molecule has 0 unspecified atom stereocenters. The zero-order valence-electron chi connectivity index (χ0n) is 9.36. The van der Waals surface area contributed by atoms with Crippen LogP contribution in [0.1, 0.15) is 38.4 Å². The first-order valence-corrected chi connectivity index (χ1v) is 6.12. The van der Waals surface area contributed by atoms with Gasteiger partial charge in [0.15, 0.2) is 0 Å². The maximum absolute atomic E-state index is 10.9. The van der Waals surface area contributed by atoms with Gasteiger partial charge in [0, 0.05) is 24.0 Å². The molecule has 0 saturated heterocycles. The number of nitrogens with zero attached hydrogens (tertiary/aromatic N) is 2. The molecule has 0 amide bonds. The Bertz CT molecular complexity index is 399. The number of rotatable bonds is 5. The summed E-state index contributed by atoms with van der Waals surface area (Å²) >= 11 is 1.29. The lowest BCUT2D eigenvalue weighted by molar-refractivity contribution is -0.142. The van der Waals surface area contributed by atoms with Gasteiger partial charge in [0.05, 0.1) is 5.41 Å². The fraction of sp³-hybridized carbons (Fsp3) is 0.700. The number of nitrogens with one attached hydrogen (secondary N) is 1. The molecule has 1 fully saturated rings. The highest BCUT2D eigenvalue weighted by molar-refractivity contribution is 7.09. The number of anilines is 1. The highest BCUT2D eigenvalue weighted by Gasteiger charge is 2.50. The van der Waals surface area contributed by atoms with E-state index in [4.69, 9.17) is 5.11 Å². The van der Waals surface area contributed by atoms with E-state index in [9.17, 15) is 4.79 Å². The van der Waals surface area contributed by atoms with Crippen molar-refractivity contribution in [3.63, 3.8) is 0 Å². The SMILES string of the molecule is CC(C)c1nsc(NCC2(C(=O)O)CC2)n1. The molecule has 0 atom stereocenters. The van der Waals surface area contributed by atoms with Gasteiger partial charge in [-0.05, 0) is 12.8 Å². The Balaban J connectivity index is 1.92. The van der Waals surface area contributed by atoms with E-state index in [0.717, 1.165) is 23.8 Å². The average molecular weight is 241 g/mol. The predicted octanol–water partition coefficient (Wildman–Crippen LogP) is 1.94. The van der Waals surface area contributed by atoms with Crippen molar-refractivity contribution in [1.29, 1.82) is 0 Å². The van der Waals surface area contributed by atoms with Gasteiger partial charge in [-0.15, -0.1) is 0 Å². The van der Waals surface area contributed by atoms with Crippen LogP contribution < -0.4 is 5.32 Å². The van der Waals surface area contributed by atoms with Crippen LogP contribution in [0.4, 0.5) is 5.13 Å². The van der Waals surface area contributed by atoms with Gasteiger partial charge in [-0.2, -0.15) is 4.37 Å². The van der Waals surface area contributed by atoms with Crippen LogP contribution in [0, 0.1) is 5.41 Å². The standard InChI is InChI=1S/C10H15N3O2S/c1-6(2)7-12-9(16-13-7)11-5-10(3-4-10)8(14)15/h6H,3-5H2,1-2H3,(H,14,15)(H,11,12,13). The molecular formula is C10H15N3O2S. The number of hydrogen-bond acceptors (Lipinski definition) is 5. The fourth-order valence-electron chi connectivity index (χ4n) is 1.40. The molecule has 0 aliphatic heterocycles. The minimum Gasteiger partial charge on any atom is -0.481 e. The van der Waals surface area contributed by atoms with Crippen LogP contribution in [0.3, 0.4) is 0 Å². The van der Waals surface area contributed by atoms with Gasteiger partial charge in [-0.25, -0.2) is 4.98 Å². The number of carbonyl (C=O) groups is 1. The first-order chi connectivity index (χ1) is 7.53. The molecule has 0 spiro atoms. The molecule has 6 heteroatoms. The zero-order valence-corrected chi connectivity index (χ0v) is 10.2. The summed E-state index contributed by atoms with van der Waals surface area (Å²) in [6.45, 7) is 4.52. The minimum absolute atomic E-state index is 0.307. The Labute approximate surface area is 98.1 Å². The molecule has 1 saturated carbocycles. The first kappa shape index (κ1) is 11.3. The Morgan fingerprint density at radius 1 is 1.62 bits per heavy atom. The monoisotopic (exact) mass is 241 g/mol. The number of aromatic nitrogens is 2. The fourth-order valence-corrected chi connectivity index (χ4v) is 2.11. The lowest BCUT2D eigenvalue weighted by Crippen LogP contribution is -2.24. The smallest absolute Gasteiger partial charge is 0.311 e. The van der Waals surface area contributed by atoms with Crippen molar-refractivity contribution >= 4 is 22.6 Å². The molecule has 1 aromatic heterocycles. The topological polar surface area (TPSA) is 75.1 Å². The van der Waals surface area contributed by atoms with E-state index in [0.29, 0.717) is 12.5 Å². The number of aliphatic carboxylic acids is 1. The van der Waals surface area contributed by atoms with Crippen LogP contribution in [-0.4, -0.2) is 27.0 Å². The summed E-state index contributed by atoms with van der Waals surface area (Å²) in [6.07, 6.45) is 1.51. The molecular weight excluding hydrogens is 226 g/mol. The molecule has 1 aromatic rings. The van der Waals surface area contributed by atoms with Gasteiger partial charge in [-0.1, -0.05) is 13.8 Å². The molecule has 88 valence electrons. The maximum Gasteiger partial charge on any atom is 0.311 e. The van der Waals surface area contributed by atoms with E-state index in [-0.39, 0.29) is 0 Å². The van der Waals surface area contributed by atoms with Crippen LogP contribution in [0.2, 0.25) is 0 Å². The molecule has 2 N–H and O–H groups in total. The Morgan fingerprint density at radius 2 is 2.31 bits per heavy atom. The first-order valence-electron chi connectivity index (χ1n) is 5.34. The molecule has 0 radical (unpaired) electrons. The third-order valence-electron chi connectivity index (χ3n) is 2.84. The summed E-state index contributed by atoms with van der Waals surface area (Å²) in [5.41, 5.74) is -0.552. The Kier molecular flexibility index (Phi) is 2.84. The quantitative estimate of drug-likeness (QED) is 0.824. The molecule has 0 aromatic carbocycles. The van der Waals surface area contributed by atoms with Crippen LogP contribution in [0.5, 0.6) is 0 Å². The predicted molar refractivity (Wildman–Crippen MR) is 61.8 cm³/mol. The third kappa shape index (κ3) is 2.16. The van der Waals surface area contributed by atoms with E-state index < -0.39 is 11.4 Å². The lowest BCUT2D eigenvalue weighted by atomic mass is 10.1. The summed E-state index contributed by atoms with van der Waals surface area (Å²) in [6, 6.07) is 0. The molecule has 0 bridgehead atoms. The second-order valence-electron chi connectivity index (χ2n) is 4.55. The second-order valence-corrected chi connectivity index (χ2v) is 5.30. The Morgan fingerprint density at radius 3 is 2.75 bits per heavy atom. The molecule has 16 heavy (non-hydrogen) atoms. The molecule has 2 rings (SSSR count). The van der Waals surface area contributed by atoms with Crippen molar-refractivity contribution < 1.29 is 9.90 Å². The minimum atomic E-state index is -0.714. The van der Waals surface area contributed by atoms with Gasteiger partial charge in [0.1, 0.15) is 5.82 Å². The number of carboxylic acids is 1. The van der Waals surface area contributed by atoms with Gasteiger partial charge in [0.2, 0.25) is 5.13 Å². The average Bonchev–Trinajstić information content (AvgIpc) is 2.87. The number of hydrogen-bond donors (Lipinski definition) is 2. The van der Waals surface area contributed by atoms with Crippen molar-refractivity contribution in [1.82, 2.24) is 9.36 Å². The van der Waals surface area contributed by atoms with Crippen molar-refractivity contribution in [3.05, 3.63) is 5.82 Å². The lowest BCUT2D eigenvalue weighted by Gasteiger charge is -2.09. The molecule has 1 aliphatic carbocycles. The number of carboxylic acid groups (broad SMARTS) is 1. The van der Waals surface area contributed by atoms with Gasteiger partial charge >= 0.3 is 5.97 Å². The van der Waals surface area contributed by atoms with E-state index in [1.165, 1.54) is 11.5 Å². The highest BCUT2D eigenvalue weighted by Crippen LogP contribution is 2.45. The van der Waals surface area contributed by atoms with Crippen LogP contribution in [0.25, 0.3) is 0 Å². The van der Waals surface area contributed by atoms with E-state index in [1.54, 1.807) is 0 Å². The van der Waals surface area contributed by atoms with Crippen LogP contribution >= 0.6 is 11.5 Å². The van der Waals surface area contributed by atoms with E-state index in [2.05, 4.69) is 14.7 Å². The zero-order chi connectivity index (χ0) is 11.8. The molecule has 5 nitrogen and oxygen atoms in total. The largest absolute Gasteiger partial charge is 0.481 e. The van der Waals surface area contributed by atoms with E-state index >= 15 is 0 Å². The normalized spacial score (nSPS) is 17.4. The van der Waals surface area contributed by atoms with Gasteiger partial charge < -0.3 is 10.4 Å². The summed E-state index contributed by atoms with van der Waals surface area (Å²) in [5.74, 6) is 0.405. The molecule has 1 heterocycles. The summed E-state index contributed by atoms with van der Waals surface area (Å²) < 4.78 is 4.20. The molecule has 1 aliphatic rings. The van der Waals surface area contributed by atoms with Crippen LogP contribution in [0.15, 0.2) is 0 Å². The second kappa shape index (κ2) is 4.01. The summed E-state index contributed by atoms with van der Waals surface area (Å²) in [5, 5.41) is 12.8. The summed E-state index contributed by atoms with van der Waals surface area (Å²) in [7, 11) is 0.